The molecule has 0 bridgehead atoms. The minimum absolute atomic E-state index is 0.0242. The Morgan fingerprint density at radius 1 is 1.29 bits per heavy atom. The number of nitrogens with zero attached hydrogens (tertiary/aromatic N) is 3. The van der Waals surface area contributed by atoms with Crippen LogP contribution in [0.1, 0.15) is 19.2 Å². The van der Waals surface area contributed by atoms with Crippen molar-refractivity contribution in [1.29, 1.82) is 0 Å². The maximum absolute atomic E-state index is 12.1. The van der Waals surface area contributed by atoms with E-state index in [2.05, 4.69) is 20.3 Å². The molecule has 9 heteroatoms. The smallest absolute Gasteiger partial charge is 0.315 e. The van der Waals surface area contributed by atoms with E-state index >= 15 is 0 Å². The third kappa shape index (κ3) is 3.37. The molecule has 1 fully saturated rings. The second-order valence-corrected chi connectivity index (χ2v) is 7.20. The lowest BCUT2D eigenvalue weighted by Gasteiger charge is -2.12. The van der Waals surface area contributed by atoms with Crippen LogP contribution >= 0.6 is 23.2 Å². The number of hydrogen-bond acceptors (Lipinski definition) is 7. The molecule has 2 aromatic rings. The van der Waals surface area contributed by atoms with Crippen molar-refractivity contribution >= 4 is 46.8 Å². The Kier molecular flexibility index (Phi) is 4.23. The Balaban J connectivity index is 1.67. The summed E-state index contributed by atoms with van der Waals surface area (Å²) in [7, 11) is 0. The van der Waals surface area contributed by atoms with Crippen LogP contribution in [0.25, 0.3) is 0 Å². The summed E-state index contributed by atoms with van der Waals surface area (Å²) in [5.41, 5.74) is 5.57. The highest BCUT2D eigenvalue weighted by Gasteiger charge is 2.69. The third-order valence-electron chi connectivity index (χ3n) is 3.77. The van der Waals surface area contributed by atoms with Gasteiger partial charge in [-0.15, -0.1) is 23.2 Å². The molecule has 24 heavy (non-hydrogen) atoms. The fourth-order valence-electron chi connectivity index (χ4n) is 2.12. The van der Waals surface area contributed by atoms with Crippen LogP contribution in [0.4, 0.5) is 17.6 Å². The van der Waals surface area contributed by atoms with Gasteiger partial charge in [-0.25, -0.2) is 0 Å². The number of nitrogens with two attached hydrogens (primary N) is 1. The molecule has 1 heterocycles. The third-order valence-corrected chi connectivity index (χ3v) is 4.87. The molecule has 1 saturated carbocycles. The summed E-state index contributed by atoms with van der Waals surface area (Å²) < 4.78 is 4.13. The van der Waals surface area contributed by atoms with Crippen LogP contribution in [0, 0.1) is 5.41 Å². The second-order valence-electron chi connectivity index (χ2n) is 5.71. The van der Waals surface area contributed by atoms with Gasteiger partial charge in [0.1, 0.15) is 9.75 Å². The van der Waals surface area contributed by atoms with Gasteiger partial charge in [0.25, 0.3) is 0 Å². The van der Waals surface area contributed by atoms with Gasteiger partial charge in [0.2, 0.25) is 11.9 Å². The standard InChI is InChI=1S/C15H15Cl2N5O2/c1-14(8-15(14,16)17)11(23)24-7-10-20-12(18)22-13(21-10)19-9-5-3-2-4-6-9/h2-6H,7-8H2,1H3,(H3,18,19,20,21,22)/t14-/m0/s1. The fourth-order valence-corrected chi connectivity index (χ4v) is 2.81. The zero-order chi connectivity index (χ0) is 17.4. The van der Waals surface area contributed by atoms with E-state index in [4.69, 9.17) is 33.7 Å². The van der Waals surface area contributed by atoms with Gasteiger partial charge in [0, 0.05) is 12.1 Å². The van der Waals surface area contributed by atoms with Gasteiger partial charge in [0.15, 0.2) is 12.4 Å². The van der Waals surface area contributed by atoms with Crippen molar-refractivity contribution in [3.8, 4) is 0 Å². The van der Waals surface area contributed by atoms with Crippen molar-refractivity contribution < 1.29 is 9.53 Å². The van der Waals surface area contributed by atoms with E-state index in [9.17, 15) is 4.79 Å². The van der Waals surface area contributed by atoms with Crippen molar-refractivity contribution in [3.05, 3.63) is 36.2 Å². The molecule has 1 aliphatic rings. The van der Waals surface area contributed by atoms with Crippen molar-refractivity contribution in [2.45, 2.75) is 24.3 Å². The van der Waals surface area contributed by atoms with E-state index in [1.807, 2.05) is 30.3 Å². The molecule has 3 rings (SSSR count). The lowest BCUT2D eigenvalue weighted by Crippen LogP contribution is -2.21. The maximum Gasteiger partial charge on any atom is 0.315 e. The van der Waals surface area contributed by atoms with Gasteiger partial charge in [-0.2, -0.15) is 15.0 Å². The van der Waals surface area contributed by atoms with Crippen molar-refractivity contribution in [1.82, 2.24) is 15.0 Å². The number of aromatic nitrogens is 3. The Labute approximate surface area is 148 Å². The first kappa shape index (κ1) is 16.7. The molecule has 7 nitrogen and oxygen atoms in total. The number of rotatable bonds is 5. The van der Waals surface area contributed by atoms with Crippen LogP contribution < -0.4 is 11.1 Å². The first-order chi connectivity index (χ1) is 11.3. The maximum atomic E-state index is 12.1. The summed E-state index contributed by atoms with van der Waals surface area (Å²) in [4.78, 5) is 24.2. The van der Waals surface area contributed by atoms with Gasteiger partial charge >= 0.3 is 5.97 Å². The average Bonchev–Trinajstić information content (AvgIpc) is 3.05. The molecule has 1 aromatic heterocycles. The van der Waals surface area contributed by atoms with Gasteiger partial charge in [-0.1, -0.05) is 18.2 Å². The van der Waals surface area contributed by atoms with Gasteiger partial charge in [-0.3, -0.25) is 4.79 Å². The summed E-state index contributed by atoms with van der Waals surface area (Å²) in [6.45, 7) is 1.51. The molecule has 0 spiro atoms. The zero-order valence-electron chi connectivity index (χ0n) is 12.8. The highest BCUT2D eigenvalue weighted by Crippen LogP contribution is 2.64. The molecule has 1 aromatic carbocycles. The molecule has 0 amide bonds. The van der Waals surface area contributed by atoms with Gasteiger partial charge in [0.05, 0.1) is 0 Å². The minimum Gasteiger partial charge on any atom is -0.457 e. The zero-order valence-corrected chi connectivity index (χ0v) is 14.3. The number of para-hydroxylation sites is 1. The Morgan fingerprint density at radius 2 is 1.96 bits per heavy atom. The van der Waals surface area contributed by atoms with E-state index in [1.165, 1.54) is 0 Å². The molecule has 0 aliphatic heterocycles. The number of carbonyl (C=O) groups excluding carboxylic acids is 1. The van der Waals surface area contributed by atoms with Gasteiger partial charge in [-0.05, 0) is 19.1 Å². The van der Waals surface area contributed by atoms with Crippen LogP contribution in [0.5, 0.6) is 0 Å². The van der Waals surface area contributed by atoms with Crippen molar-refractivity contribution in [2.75, 3.05) is 11.1 Å². The van der Waals surface area contributed by atoms with Crippen LogP contribution in [0.15, 0.2) is 30.3 Å². The second kappa shape index (κ2) is 6.07. The highest BCUT2D eigenvalue weighted by molar-refractivity contribution is 6.53. The van der Waals surface area contributed by atoms with Crippen LogP contribution in [-0.4, -0.2) is 25.3 Å². The molecular weight excluding hydrogens is 353 g/mol. The van der Waals surface area contributed by atoms with E-state index in [-0.39, 0.29) is 24.3 Å². The summed E-state index contributed by atoms with van der Waals surface area (Å²) >= 11 is 11.9. The SMILES string of the molecule is C[C@@]1(C(=O)OCc2nc(N)nc(Nc3ccccc3)n2)CC1(Cl)Cl. The normalized spacial score (nSPS) is 21.1. The number of benzene rings is 1. The summed E-state index contributed by atoms with van der Waals surface area (Å²) in [6.07, 6.45) is 0.349. The van der Waals surface area contributed by atoms with Crippen LogP contribution in [0.3, 0.4) is 0 Å². The summed E-state index contributed by atoms with van der Waals surface area (Å²) in [5.74, 6) is 0.0230. The Hall–Kier alpha value is -2.12. The molecule has 0 unspecified atom stereocenters. The number of nitrogen functional groups attached to an aromatic ring is 1. The van der Waals surface area contributed by atoms with E-state index in [0.29, 0.717) is 6.42 Å². The molecule has 1 atom stereocenters. The first-order valence-corrected chi connectivity index (χ1v) is 7.93. The molecule has 0 radical (unpaired) electrons. The molecular formula is C15H15Cl2N5O2. The fraction of sp³-hybridized carbons (Fsp3) is 0.333. The quantitative estimate of drug-likeness (QED) is 0.618. The Bertz CT molecular complexity index is 772. The van der Waals surface area contributed by atoms with Crippen molar-refractivity contribution in [3.63, 3.8) is 0 Å². The van der Waals surface area contributed by atoms with E-state index < -0.39 is 15.7 Å². The summed E-state index contributed by atoms with van der Waals surface area (Å²) in [5, 5.41) is 3.00. The monoisotopic (exact) mass is 367 g/mol. The predicted octanol–water partition coefficient (Wildman–Crippen LogP) is 2.82. The highest BCUT2D eigenvalue weighted by atomic mass is 35.5. The minimum atomic E-state index is -1.08. The number of halogens is 2. The number of esters is 1. The van der Waals surface area contributed by atoms with Crippen molar-refractivity contribution in [2.24, 2.45) is 5.41 Å². The number of anilines is 3. The number of hydrogen-bond donors (Lipinski definition) is 2. The lowest BCUT2D eigenvalue weighted by atomic mass is 10.1. The number of carbonyl (C=O) groups is 1. The largest absolute Gasteiger partial charge is 0.457 e. The lowest BCUT2D eigenvalue weighted by molar-refractivity contribution is -0.151. The molecule has 0 saturated heterocycles. The van der Waals surface area contributed by atoms with Gasteiger partial charge < -0.3 is 15.8 Å². The molecule has 126 valence electrons. The first-order valence-electron chi connectivity index (χ1n) is 7.18. The molecule has 3 N–H and O–H groups in total. The van der Waals surface area contributed by atoms with Crippen LogP contribution in [0.2, 0.25) is 0 Å². The number of alkyl halides is 2. The van der Waals surface area contributed by atoms with E-state index in [1.54, 1.807) is 6.92 Å². The topological polar surface area (TPSA) is 103 Å². The number of nitrogens with one attached hydrogen (secondary N) is 1. The predicted molar refractivity (Wildman–Crippen MR) is 90.9 cm³/mol. The molecule has 1 aliphatic carbocycles. The van der Waals surface area contributed by atoms with Crippen LogP contribution in [-0.2, 0) is 16.1 Å². The van der Waals surface area contributed by atoms with E-state index in [0.717, 1.165) is 5.69 Å². The Morgan fingerprint density at radius 3 is 2.58 bits per heavy atom. The summed E-state index contributed by atoms with van der Waals surface area (Å²) in [6, 6.07) is 9.35. The average molecular weight is 368 g/mol. The number of ether oxygens (including phenoxy) is 1.